The summed E-state index contributed by atoms with van der Waals surface area (Å²) in [5.74, 6) is 0.637. The van der Waals surface area contributed by atoms with Crippen LogP contribution in [0, 0.1) is 0 Å². The average molecular weight is 431 g/mol. The van der Waals surface area contributed by atoms with Crippen LogP contribution < -0.4 is 15.8 Å². The maximum atomic E-state index is 13.2. The first kappa shape index (κ1) is 20.3. The zero-order valence-corrected chi connectivity index (χ0v) is 17.9. The van der Waals surface area contributed by atoms with Crippen LogP contribution in [0.1, 0.15) is 21.6 Å². The average Bonchev–Trinajstić information content (AvgIpc) is 3.45. The zero-order chi connectivity index (χ0) is 22.1. The third-order valence-corrected chi connectivity index (χ3v) is 5.92. The predicted molar refractivity (Wildman–Crippen MR) is 123 cm³/mol. The number of rotatable bonds is 7. The first-order chi connectivity index (χ1) is 15.6. The summed E-state index contributed by atoms with van der Waals surface area (Å²) in [5.41, 5.74) is 11.5. The molecule has 5 rings (SSSR count). The van der Waals surface area contributed by atoms with E-state index >= 15 is 0 Å². The van der Waals surface area contributed by atoms with Gasteiger partial charge in [0, 0.05) is 60.4 Å². The van der Waals surface area contributed by atoms with Gasteiger partial charge in [0.25, 0.3) is 5.91 Å². The van der Waals surface area contributed by atoms with E-state index < -0.39 is 0 Å². The molecule has 1 saturated heterocycles. The van der Waals surface area contributed by atoms with Crippen LogP contribution in [0.3, 0.4) is 0 Å². The van der Waals surface area contributed by atoms with E-state index in [0.717, 1.165) is 52.0 Å². The van der Waals surface area contributed by atoms with Gasteiger partial charge < -0.3 is 20.8 Å². The number of amides is 1. The quantitative estimate of drug-likeness (QED) is 0.360. The van der Waals surface area contributed by atoms with Crippen LogP contribution in [-0.2, 0) is 13.1 Å². The minimum absolute atomic E-state index is 0.131. The number of carbonyl (C=O) groups is 1. The molecule has 1 fully saturated rings. The maximum absolute atomic E-state index is 13.2. The molecule has 2 aromatic carbocycles. The molecule has 8 heteroatoms. The van der Waals surface area contributed by atoms with Gasteiger partial charge in [-0.1, -0.05) is 24.3 Å². The second-order valence-corrected chi connectivity index (χ2v) is 8.21. The molecule has 5 N–H and O–H groups in total. The van der Waals surface area contributed by atoms with E-state index in [4.69, 9.17) is 10.5 Å². The molecule has 1 amide bonds. The molecule has 2 aromatic heterocycles. The number of hydrogen-bond donors (Lipinski definition) is 4. The van der Waals surface area contributed by atoms with Crippen LogP contribution in [0.15, 0.2) is 54.9 Å². The molecular weight excluding hydrogens is 404 g/mol. The lowest BCUT2D eigenvalue weighted by atomic mass is 10.0. The van der Waals surface area contributed by atoms with E-state index in [1.807, 2.05) is 30.5 Å². The number of aromatic amines is 2. The minimum Gasteiger partial charge on any atom is -0.497 e. The van der Waals surface area contributed by atoms with Gasteiger partial charge in [-0.15, -0.1) is 0 Å². The highest BCUT2D eigenvalue weighted by Gasteiger charge is 2.27. The van der Waals surface area contributed by atoms with Crippen molar-refractivity contribution < 1.29 is 9.53 Å². The molecule has 32 heavy (non-hydrogen) atoms. The Morgan fingerprint density at radius 2 is 2.12 bits per heavy atom. The summed E-state index contributed by atoms with van der Waals surface area (Å²) in [7, 11) is 1.63. The van der Waals surface area contributed by atoms with Crippen molar-refractivity contribution in [1.29, 1.82) is 0 Å². The predicted octanol–water partition coefficient (Wildman–Crippen LogP) is 2.64. The standard InChI is InChI=1S/C24H26N6O2/c1-32-19-4-2-3-15(7-19)9-26-24(31)23-21(14-30-12-18(25)13-30)20-6-5-16(8-22(20)29-23)17-10-27-28-11-17/h2-8,10-11,18,29H,9,12-14,25H2,1H3,(H,26,31)(H,27,28). The van der Waals surface area contributed by atoms with Crippen LogP contribution in [0.4, 0.5) is 0 Å². The number of fused-ring (bicyclic) bond motifs is 1. The number of aromatic nitrogens is 3. The van der Waals surface area contributed by atoms with Crippen LogP contribution >= 0.6 is 0 Å². The van der Waals surface area contributed by atoms with Gasteiger partial charge in [0.05, 0.1) is 13.3 Å². The number of hydrogen-bond acceptors (Lipinski definition) is 5. The van der Waals surface area contributed by atoms with Gasteiger partial charge in [-0.3, -0.25) is 14.8 Å². The number of H-pyrrole nitrogens is 2. The fraction of sp³-hybridized carbons (Fsp3) is 0.250. The van der Waals surface area contributed by atoms with E-state index in [1.54, 1.807) is 13.3 Å². The van der Waals surface area contributed by atoms with Crippen molar-refractivity contribution >= 4 is 16.8 Å². The van der Waals surface area contributed by atoms with Crippen molar-refractivity contribution in [1.82, 2.24) is 25.4 Å². The highest BCUT2D eigenvalue weighted by molar-refractivity contribution is 6.01. The molecule has 0 unspecified atom stereocenters. The first-order valence-electron chi connectivity index (χ1n) is 10.6. The molecule has 1 aliphatic heterocycles. The van der Waals surface area contributed by atoms with Crippen LogP contribution in [0.5, 0.6) is 5.75 Å². The molecule has 3 heterocycles. The van der Waals surface area contributed by atoms with Crippen molar-refractivity contribution in [2.75, 3.05) is 20.2 Å². The number of benzene rings is 2. The Morgan fingerprint density at radius 1 is 1.25 bits per heavy atom. The van der Waals surface area contributed by atoms with Gasteiger partial charge in [0.2, 0.25) is 0 Å². The Morgan fingerprint density at radius 3 is 2.88 bits per heavy atom. The Kier molecular flexibility index (Phi) is 5.38. The second-order valence-electron chi connectivity index (χ2n) is 8.21. The number of nitrogens with zero attached hydrogens (tertiary/aromatic N) is 2. The summed E-state index contributed by atoms with van der Waals surface area (Å²) in [5, 5.41) is 11.0. The lowest BCUT2D eigenvalue weighted by Crippen LogP contribution is -2.55. The first-order valence-corrected chi connectivity index (χ1v) is 10.6. The summed E-state index contributed by atoms with van der Waals surface area (Å²) in [6.07, 6.45) is 3.64. The molecular formula is C24H26N6O2. The number of nitrogens with two attached hydrogens (primary N) is 1. The molecule has 0 saturated carbocycles. The molecule has 164 valence electrons. The second kappa shape index (κ2) is 8.49. The molecule has 0 atom stereocenters. The summed E-state index contributed by atoms with van der Waals surface area (Å²) >= 11 is 0. The SMILES string of the molecule is COc1cccc(CNC(=O)c2[nH]c3cc(-c4cn[nH]c4)ccc3c2CN2CC(N)C2)c1. The Hall–Kier alpha value is -3.62. The fourth-order valence-corrected chi connectivity index (χ4v) is 4.22. The largest absolute Gasteiger partial charge is 0.497 e. The van der Waals surface area contributed by atoms with Gasteiger partial charge in [-0.05, 0) is 29.3 Å². The summed E-state index contributed by atoms with van der Waals surface area (Å²) in [4.78, 5) is 18.8. The lowest BCUT2D eigenvalue weighted by molar-refractivity contribution is 0.0941. The van der Waals surface area contributed by atoms with Crippen molar-refractivity contribution in [3.63, 3.8) is 0 Å². The molecule has 0 radical (unpaired) electrons. The van der Waals surface area contributed by atoms with Crippen LogP contribution in [0.25, 0.3) is 22.0 Å². The molecule has 8 nitrogen and oxygen atoms in total. The zero-order valence-electron chi connectivity index (χ0n) is 17.9. The topological polar surface area (TPSA) is 112 Å². The fourth-order valence-electron chi connectivity index (χ4n) is 4.22. The normalized spacial score (nSPS) is 14.4. The molecule has 4 aromatic rings. The molecule has 0 bridgehead atoms. The van der Waals surface area contributed by atoms with Crippen molar-refractivity contribution in [3.05, 3.63) is 71.7 Å². The minimum atomic E-state index is -0.131. The van der Waals surface area contributed by atoms with Crippen LogP contribution in [0.2, 0.25) is 0 Å². The third-order valence-electron chi connectivity index (χ3n) is 5.92. The number of nitrogens with one attached hydrogen (secondary N) is 3. The Bertz CT molecular complexity index is 1240. The van der Waals surface area contributed by atoms with Gasteiger partial charge in [-0.2, -0.15) is 5.10 Å². The highest BCUT2D eigenvalue weighted by Crippen LogP contribution is 2.29. The summed E-state index contributed by atoms with van der Waals surface area (Å²) < 4.78 is 5.28. The monoisotopic (exact) mass is 430 g/mol. The third kappa shape index (κ3) is 3.98. The van der Waals surface area contributed by atoms with Crippen molar-refractivity contribution in [3.8, 4) is 16.9 Å². The number of likely N-dealkylation sites (tertiary alicyclic amines) is 1. The molecule has 1 aliphatic rings. The molecule has 0 spiro atoms. The van der Waals surface area contributed by atoms with Crippen LogP contribution in [-0.4, -0.2) is 52.2 Å². The number of carbonyl (C=O) groups excluding carboxylic acids is 1. The van der Waals surface area contributed by atoms with Crippen molar-refractivity contribution in [2.45, 2.75) is 19.1 Å². The maximum Gasteiger partial charge on any atom is 0.268 e. The Balaban J connectivity index is 1.44. The lowest BCUT2D eigenvalue weighted by Gasteiger charge is -2.36. The van der Waals surface area contributed by atoms with E-state index in [0.29, 0.717) is 18.8 Å². The van der Waals surface area contributed by atoms with E-state index in [-0.39, 0.29) is 11.9 Å². The van der Waals surface area contributed by atoms with Crippen molar-refractivity contribution in [2.24, 2.45) is 5.73 Å². The van der Waals surface area contributed by atoms with Gasteiger partial charge >= 0.3 is 0 Å². The van der Waals surface area contributed by atoms with E-state index in [1.165, 1.54) is 0 Å². The van der Waals surface area contributed by atoms with Gasteiger partial charge in [0.1, 0.15) is 11.4 Å². The summed E-state index contributed by atoms with van der Waals surface area (Å²) in [6, 6.07) is 14.1. The number of methoxy groups -OCH3 is 1. The van der Waals surface area contributed by atoms with E-state index in [9.17, 15) is 4.79 Å². The summed E-state index contributed by atoms with van der Waals surface area (Å²) in [6.45, 7) is 2.77. The smallest absolute Gasteiger partial charge is 0.268 e. The van der Waals surface area contributed by atoms with Gasteiger partial charge in [0.15, 0.2) is 0 Å². The van der Waals surface area contributed by atoms with Gasteiger partial charge in [-0.25, -0.2) is 0 Å². The Labute approximate surface area is 185 Å². The molecule has 0 aliphatic carbocycles. The highest BCUT2D eigenvalue weighted by atomic mass is 16.5. The van der Waals surface area contributed by atoms with E-state index in [2.05, 4.69) is 43.6 Å². The number of ether oxygens (including phenoxy) is 1.